The molecule has 0 bridgehead atoms. The second-order valence-electron chi connectivity index (χ2n) is 7.25. The summed E-state index contributed by atoms with van der Waals surface area (Å²) < 4.78 is 6.35. The predicted molar refractivity (Wildman–Crippen MR) is 118 cm³/mol. The zero-order valence-electron chi connectivity index (χ0n) is 15.5. The summed E-state index contributed by atoms with van der Waals surface area (Å²) in [4.78, 5) is 31.3. The number of allylic oxidation sites excluding steroid dienone is 2. The number of anilines is 1. The van der Waals surface area contributed by atoms with E-state index in [4.69, 9.17) is 39.8 Å². The van der Waals surface area contributed by atoms with Gasteiger partial charge in [0, 0.05) is 28.3 Å². The molecule has 152 valence electrons. The van der Waals surface area contributed by atoms with E-state index in [9.17, 15) is 9.59 Å². The molecule has 5 rings (SSSR count). The van der Waals surface area contributed by atoms with Crippen LogP contribution in [0, 0.1) is 4.77 Å². The van der Waals surface area contributed by atoms with E-state index in [2.05, 4.69) is 15.3 Å². The molecule has 0 fully saturated rings. The van der Waals surface area contributed by atoms with Crippen molar-refractivity contribution < 1.29 is 9.21 Å². The number of H-pyrrole nitrogens is 2. The highest BCUT2D eigenvalue weighted by Crippen LogP contribution is 2.44. The van der Waals surface area contributed by atoms with Crippen molar-refractivity contribution in [2.75, 3.05) is 5.32 Å². The molecule has 6 nitrogen and oxygen atoms in total. The molecule has 3 heterocycles. The van der Waals surface area contributed by atoms with Crippen LogP contribution in [0.3, 0.4) is 0 Å². The van der Waals surface area contributed by atoms with Gasteiger partial charge in [0.05, 0.1) is 16.5 Å². The standard InChI is InChI=1S/C21H15Cl2N3O3S/c22-9-4-5-10(11(23)8-9)14-6-7-15(29-14)17-16-12(2-1-3-13(16)27)24-19-18(17)20(28)26-21(30)25-19/h4-8,17H,1-3H2,(H3,24,25,26,28,30). The Morgan fingerprint density at radius 1 is 1.07 bits per heavy atom. The third kappa shape index (κ3) is 3.14. The Morgan fingerprint density at radius 2 is 1.90 bits per heavy atom. The number of hydrogen-bond acceptors (Lipinski definition) is 5. The maximum Gasteiger partial charge on any atom is 0.258 e. The van der Waals surface area contributed by atoms with Gasteiger partial charge in [0.1, 0.15) is 17.3 Å². The first-order valence-corrected chi connectivity index (χ1v) is 10.5. The molecule has 1 aromatic carbocycles. The average molecular weight is 460 g/mol. The number of fused-ring (bicyclic) bond motifs is 1. The first kappa shape index (κ1) is 19.4. The van der Waals surface area contributed by atoms with Crippen LogP contribution in [0.15, 0.2) is 50.8 Å². The Balaban J connectivity index is 1.70. The lowest BCUT2D eigenvalue weighted by Gasteiger charge is -2.31. The van der Waals surface area contributed by atoms with Gasteiger partial charge in [-0.15, -0.1) is 0 Å². The Labute approximate surface area is 185 Å². The van der Waals surface area contributed by atoms with E-state index < -0.39 is 5.92 Å². The summed E-state index contributed by atoms with van der Waals surface area (Å²) in [6, 6.07) is 8.67. The number of furan rings is 1. The summed E-state index contributed by atoms with van der Waals surface area (Å²) in [5.74, 6) is 0.864. The number of carbonyl (C=O) groups excluding carboxylic acids is 1. The minimum Gasteiger partial charge on any atom is -0.460 e. The van der Waals surface area contributed by atoms with Gasteiger partial charge in [0.15, 0.2) is 10.6 Å². The number of halogens is 2. The molecular weight excluding hydrogens is 445 g/mol. The summed E-state index contributed by atoms with van der Waals surface area (Å²) in [7, 11) is 0. The van der Waals surface area contributed by atoms with E-state index in [0.29, 0.717) is 56.9 Å². The monoisotopic (exact) mass is 459 g/mol. The van der Waals surface area contributed by atoms with E-state index in [1.54, 1.807) is 30.3 Å². The van der Waals surface area contributed by atoms with Crippen LogP contribution >= 0.6 is 35.4 Å². The molecule has 0 saturated carbocycles. The van der Waals surface area contributed by atoms with Crippen LogP contribution < -0.4 is 10.9 Å². The van der Waals surface area contributed by atoms with Crippen molar-refractivity contribution in [2.24, 2.45) is 0 Å². The molecule has 0 saturated heterocycles. The van der Waals surface area contributed by atoms with Crippen molar-refractivity contribution in [2.45, 2.75) is 25.2 Å². The highest BCUT2D eigenvalue weighted by molar-refractivity contribution is 7.71. The van der Waals surface area contributed by atoms with Gasteiger partial charge in [0.25, 0.3) is 5.56 Å². The molecular formula is C21H15Cl2N3O3S. The van der Waals surface area contributed by atoms with Gasteiger partial charge in [-0.1, -0.05) is 23.2 Å². The fraction of sp³-hybridized carbons (Fsp3) is 0.190. The maximum absolute atomic E-state index is 12.9. The Morgan fingerprint density at radius 3 is 2.70 bits per heavy atom. The third-order valence-corrected chi connectivity index (χ3v) is 6.15. The SMILES string of the molecule is O=C1CCCC2=C1C(c1ccc(-c3ccc(Cl)cc3Cl)o1)c1c([nH]c(=S)[nH]c1=O)N2. The number of carbonyl (C=O) groups is 1. The van der Waals surface area contributed by atoms with Crippen molar-refractivity contribution in [1.82, 2.24) is 9.97 Å². The zero-order chi connectivity index (χ0) is 21.0. The molecule has 3 aromatic rings. The van der Waals surface area contributed by atoms with E-state index in [0.717, 1.165) is 12.1 Å². The van der Waals surface area contributed by atoms with Crippen LogP contribution in [-0.4, -0.2) is 15.8 Å². The van der Waals surface area contributed by atoms with Gasteiger partial charge >= 0.3 is 0 Å². The zero-order valence-corrected chi connectivity index (χ0v) is 17.8. The fourth-order valence-corrected chi connectivity index (χ4v) is 4.82. The molecule has 0 radical (unpaired) electrons. The van der Waals surface area contributed by atoms with Crippen molar-refractivity contribution in [3.8, 4) is 11.3 Å². The number of Topliss-reactive ketones (excluding diaryl/α,β-unsaturated/α-hetero) is 1. The van der Waals surface area contributed by atoms with E-state index in [1.165, 1.54) is 0 Å². The molecule has 9 heteroatoms. The van der Waals surface area contributed by atoms with Gasteiger partial charge in [-0.2, -0.15) is 0 Å². The maximum atomic E-state index is 12.9. The lowest BCUT2D eigenvalue weighted by atomic mass is 9.79. The van der Waals surface area contributed by atoms with Crippen LogP contribution in [0.1, 0.15) is 36.5 Å². The van der Waals surface area contributed by atoms with Gasteiger partial charge in [0.2, 0.25) is 0 Å². The molecule has 1 atom stereocenters. The Hall–Kier alpha value is -2.61. The topological polar surface area (TPSA) is 90.9 Å². The summed E-state index contributed by atoms with van der Waals surface area (Å²) >= 11 is 17.4. The van der Waals surface area contributed by atoms with Crippen LogP contribution in [0.4, 0.5) is 5.82 Å². The summed E-state index contributed by atoms with van der Waals surface area (Å²) in [5, 5.41) is 4.17. The molecule has 0 amide bonds. The number of nitrogens with one attached hydrogen (secondary N) is 3. The molecule has 30 heavy (non-hydrogen) atoms. The second kappa shape index (κ2) is 7.27. The van der Waals surface area contributed by atoms with Crippen molar-refractivity contribution in [1.29, 1.82) is 0 Å². The highest BCUT2D eigenvalue weighted by atomic mass is 35.5. The average Bonchev–Trinajstić information content (AvgIpc) is 3.16. The number of aromatic amines is 2. The second-order valence-corrected chi connectivity index (χ2v) is 8.50. The molecule has 3 N–H and O–H groups in total. The molecule has 0 spiro atoms. The largest absolute Gasteiger partial charge is 0.460 e. The molecule has 2 aromatic heterocycles. The molecule has 1 aliphatic heterocycles. The van der Waals surface area contributed by atoms with E-state index in [-0.39, 0.29) is 16.1 Å². The number of hydrogen-bond donors (Lipinski definition) is 3. The smallest absolute Gasteiger partial charge is 0.258 e. The first-order valence-electron chi connectivity index (χ1n) is 9.37. The number of ketones is 1. The van der Waals surface area contributed by atoms with Gasteiger partial charge in [-0.3, -0.25) is 14.6 Å². The molecule has 1 unspecified atom stereocenters. The number of benzene rings is 1. The van der Waals surface area contributed by atoms with Gasteiger partial charge in [-0.25, -0.2) is 0 Å². The normalized spacial score (nSPS) is 18.1. The van der Waals surface area contributed by atoms with Crippen LogP contribution in [-0.2, 0) is 4.79 Å². The Bertz CT molecular complexity index is 1350. The lowest BCUT2D eigenvalue weighted by Crippen LogP contribution is -2.32. The first-order chi connectivity index (χ1) is 14.4. The third-order valence-electron chi connectivity index (χ3n) is 5.40. The number of rotatable bonds is 2. The Kier molecular flexibility index (Phi) is 4.69. The lowest BCUT2D eigenvalue weighted by molar-refractivity contribution is -0.116. The van der Waals surface area contributed by atoms with Crippen molar-refractivity contribution >= 4 is 47.0 Å². The van der Waals surface area contributed by atoms with Gasteiger partial charge < -0.3 is 14.7 Å². The summed E-state index contributed by atoms with van der Waals surface area (Å²) in [5.41, 5.74) is 2.04. The fourth-order valence-electron chi connectivity index (χ4n) is 4.12. The quantitative estimate of drug-likeness (QED) is 0.436. The van der Waals surface area contributed by atoms with E-state index in [1.807, 2.05) is 0 Å². The van der Waals surface area contributed by atoms with Crippen LogP contribution in [0.5, 0.6) is 0 Å². The summed E-state index contributed by atoms with van der Waals surface area (Å²) in [6.07, 6.45) is 1.89. The van der Waals surface area contributed by atoms with Gasteiger partial charge in [-0.05, 0) is 55.4 Å². The van der Waals surface area contributed by atoms with Crippen LogP contribution in [0.2, 0.25) is 10.0 Å². The molecule has 1 aliphatic carbocycles. The minimum absolute atomic E-state index is 0.00345. The summed E-state index contributed by atoms with van der Waals surface area (Å²) in [6.45, 7) is 0. The highest BCUT2D eigenvalue weighted by Gasteiger charge is 2.39. The minimum atomic E-state index is -0.639. The number of aromatic nitrogens is 2. The van der Waals surface area contributed by atoms with Crippen molar-refractivity contribution in [3.63, 3.8) is 0 Å². The van der Waals surface area contributed by atoms with E-state index >= 15 is 0 Å². The van der Waals surface area contributed by atoms with Crippen molar-refractivity contribution in [3.05, 3.63) is 78.1 Å². The predicted octanol–water partition coefficient (Wildman–Crippen LogP) is 5.56. The van der Waals surface area contributed by atoms with Crippen LogP contribution in [0.25, 0.3) is 11.3 Å². The molecule has 2 aliphatic rings.